The quantitative estimate of drug-likeness (QED) is 0.113. The van der Waals surface area contributed by atoms with Gasteiger partial charge in [-0.25, -0.2) is 19.9 Å². The first kappa shape index (κ1) is 40.1. The fraction of sp³-hybridized carbons (Fsp3) is 0. The molecule has 0 aliphatic carbocycles. The number of hydrogen-bond donors (Lipinski definition) is 0. The lowest BCUT2D eigenvalue weighted by Gasteiger charge is -2.33. The minimum Gasteiger partial charge on any atom is -0.294 e. The van der Waals surface area contributed by atoms with Crippen molar-refractivity contribution in [2.45, 2.75) is 0 Å². The fourth-order valence-electron chi connectivity index (χ4n) is 9.49. The summed E-state index contributed by atoms with van der Waals surface area (Å²) in [7, 11) is 0. The Bertz CT molecular complexity index is 2970. The Morgan fingerprint density at radius 2 is 0.441 bits per heavy atom. The van der Waals surface area contributed by atoms with Gasteiger partial charge in [0.1, 0.15) is 23.3 Å². The van der Waals surface area contributed by atoms with E-state index in [4.69, 9.17) is 19.9 Å². The van der Waals surface area contributed by atoms with E-state index in [-0.39, 0.29) is 0 Å². The summed E-state index contributed by atoms with van der Waals surface area (Å²) in [6.07, 6.45) is 7.43. The summed E-state index contributed by atoms with van der Waals surface area (Å²) in [6.45, 7) is 0. The highest BCUT2D eigenvalue weighted by atomic mass is 15.2. The smallest absolute Gasteiger partial charge is 0.137 e. The van der Waals surface area contributed by atoms with Gasteiger partial charge in [0.2, 0.25) is 0 Å². The lowest BCUT2D eigenvalue weighted by atomic mass is 9.89. The molecular formula is C60H42N8. The van der Waals surface area contributed by atoms with Crippen molar-refractivity contribution >= 4 is 101 Å². The Kier molecular flexibility index (Phi) is 10.3. The van der Waals surface area contributed by atoms with Gasteiger partial charge in [0.25, 0.3) is 0 Å². The number of pyridine rings is 4. The number of hydrogen-bond acceptors (Lipinski definition) is 8. The minimum atomic E-state index is 0.793. The molecule has 0 aliphatic heterocycles. The zero-order valence-corrected chi connectivity index (χ0v) is 36.8. The second kappa shape index (κ2) is 17.5. The van der Waals surface area contributed by atoms with E-state index in [1.165, 1.54) is 0 Å². The highest BCUT2D eigenvalue weighted by Gasteiger charge is 2.29. The monoisotopic (exact) mass is 874 g/mol. The van der Waals surface area contributed by atoms with Crippen molar-refractivity contribution in [3.05, 3.63) is 255 Å². The van der Waals surface area contributed by atoms with Gasteiger partial charge in [0.05, 0.1) is 22.7 Å². The number of para-hydroxylation sites is 4. The second-order valence-corrected chi connectivity index (χ2v) is 16.3. The molecule has 0 amide bonds. The summed E-state index contributed by atoms with van der Waals surface area (Å²) < 4.78 is 0. The van der Waals surface area contributed by atoms with E-state index in [0.717, 1.165) is 101 Å². The van der Waals surface area contributed by atoms with E-state index in [0.29, 0.717) is 0 Å². The second-order valence-electron chi connectivity index (χ2n) is 16.3. The highest BCUT2D eigenvalue weighted by molar-refractivity contribution is 6.33. The van der Waals surface area contributed by atoms with Crippen LogP contribution in [0.25, 0.3) is 32.3 Å². The van der Waals surface area contributed by atoms with Crippen molar-refractivity contribution in [3.63, 3.8) is 0 Å². The molecule has 0 saturated carbocycles. The number of nitrogens with zero attached hydrogens (tertiary/aromatic N) is 8. The summed E-state index contributed by atoms with van der Waals surface area (Å²) in [5.41, 5.74) is 7.77. The summed E-state index contributed by atoms with van der Waals surface area (Å²) in [6, 6.07) is 80.1. The summed E-state index contributed by atoms with van der Waals surface area (Å²) in [5, 5.41) is 6.41. The van der Waals surface area contributed by atoms with Gasteiger partial charge in [-0.2, -0.15) is 0 Å². The molecule has 8 nitrogen and oxygen atoms in total. The Morgan fingerprint density at radius 1 is 0.221 bits per heavy atom. The van der Waals surface area contributed by atoms with Crippen LogP contribution in [0.3, 0.4) is 0 Å². The van der Waals surface area contributed by atoms with Gasteiger partial charge in [0, 0.05) is 79.9 Å². The molecule has 0 unspecified atom stereocenters. The van der Waals surface area contributed by atoms with E-state index in [2.05, 4.69) is 202 Å². The average Bonchev–Trinajstić information content (AvgIpc) is 3.42. The van der Waals surface area contributed by atoms with Crippen LogP contribution in [0.4, 0.5) is 68.8 Å². The maximum Gasteiger partial charge on any atom is 0.137 e. The first-order chi connectivity index (χ1) is 33.8. The Balaban J connectivity index is 1.28. The summed E-state index contributed by atoms with van der Waals surface area (Å²) >= 11 is 0. The minimum absolute atomic E-state index is 0.793. The van der Waals surface area contributed by atoms with Crippen LogP contribution < -0.4 is 19.6 Å². The van der Waals surface area contributed by atoms with E-state index in [1.807, 2.05) is 73.3 Å². The van der Waals surface area contributed by atoms with Crippen molar-refractivity contribution in [2.24, 2.45) is 0 Å². The van der Waals surface area contributed by atoms with Crippen LogP contribution in [0, 0.1) is 0 Å². The maximum atomic E-state index is 5.01. The van der Waals surface area contributed by atoms with E-state index < -0.39 is 0 Å². The third-order valence-electron chi connectivity index (χ3n) is 12.3. The normalized spacial score (nSPS) is 11.2. The molecular weight excluding hydrogens is 833 g/mol. The third-order valence-corrected chi connectivity index (χ3v) is 12.3. The predicted molar refractivity (Wildman–Crippen MR) is 280 cm³/mol. The molecule has 0 spiro atoms. The zero-order chi connectivity index (χ0) is 45.2. The van der Waals surface area contributed by atoms with Crippen LogP contribution in [-0.2, 0) is 0 Å². The highest BCUT2D eigenvalue weighted by Crippen LogP contribution is 2.54. The molecule has 0 radical (unpaired) electrons. The van der Waals surface area contributed by atoms with Crippen LogP contribution in [0.1, 0.15) is 0 Å². The van der Waals surface area contributed by atoms with Crippen molar-refractivity contribution in [2.75, 3.05) is 19.6 Å². The Morgan fingerprint density at radius 3 is 0.647 bits per heavy atom. The number of aromatic nitrogens is 4. The first-order valence-corrected chi connectivity index (χ1v) is 22.6. The summed E-state index contributed by atoms with van der Waals surface area (Å²) in [4.78, 5) is 29.1. The van der Waals surface area contributed by atoms with Gasteiger partial charge in [-0.3, -0.25) is 19.6 Å². The molecule has 0 atom stereocenters. The van der Waals surface area contributed by atoms with Crippen molar-refractivity contribution in [1.82, 2.24) is 19.9 Å². The molecule has 0 bridgehead atoms. The van der Waals surface area contributed by atoms with E-state index in [9.17, 15) is 0 Å². The topological polar surface area (TPSA) is 64.5 Å². The SMILES string of the molecule is c1ccc(N(c2ccccn2)c2cc(N(c3ccccc3)c3ccccn3)c3ccc4c(N(c5ccccc5)c5ccccn5)cc(N(c5ccccc5)c5ccccn5)c5ccc2c3c54)cc1. The van der Waals surface area contributed by atoms with Gasteiger partial charge in [0.15, 0.2) is 0 Å². The lowest BCUT2D eigenvalue weighted by Crippen LogP contribution is -2.17. The fourth-order valence-corrected chi connectivity index (χ4v) is 9.49. The van der Waals surface area contributed by atoms with Crippen LogP contribution in [0.5, 0.6) is 0 Å². The zero-order valence-electron chi connectivity index (χ0n) is 36.8. The van der Waals surface area contributed by atoms with Crippen LogP contribution in [0.15, 0.2) is 255 Å². The maximum absolute atomic E-state index is 5.01. The lowest BCUT2D eigenvalue weighted by molar-refractivity contribution is 1.17. The molecule has 0 aliphatic rings. The standard InChI is InChI=1S/C60H42N8/c1-5-21-43(22-6-1)65(55-29-13-17-37-61-55)51-41-52(66(44-23-7-2-8-24-44)56-30-14-18-38-62-56)48-35-36-50-54(68(46-27-11-4-12-28-46)58-32-16-20-40-64-58)42-53(49-34-33-47(51)59(48)60(49)50)67(45-25-9-3-10-26-45)57-31-15-19-39-63-57/h1-42H. The number of rotatable bonds is 12. The molecule has 8 heteroatoms. The molecule has 4 heterocycles. The predicted octanol–water partition coefficient (Wildman–Crippen LogP) is 16.0. The molecule has 12 rings (SSSR count). The van der Waals surface area contributed by atoms with Crippen LogP contribution in [0.2, 0.25) is 0 Å². The van der Waals surface area contributed by atoms with Crippen molar-refractivity contribution < 1.29 is 0 Å². The van der Waals surface area contributed by atoms with E-state index in [1.54, 1.807) is 0 Å². The molecule has 0 fully saturated rings. The molecule has 8 aromatic carbocycles. The Hall–Kier alpha value is -9.40. The van der Waals surface area contributed by atoms with Gasteiger partial charge in [-0.15, -0.1) is 0 Å². The number of benzene rings is 8. The molecule has 0 saturated heterocycles. The molecule has 322 valence electrons. The first-order valence-electron chi connectivity index (χ1n) is 22.6. The molecule has 68 heavy (non-hydrogen) atoms. The van der Waals surface area contributed by atoms with E-state index >= 15 is 0 Å². The average molecular weight is 875 g/mol. The van der Waals surface area contributed by atoms with Gasteiger partial charge < -0.3 is 0 Å². The Labute approximate surface area is 394 Å². The molecule has 12 aromatic rings. The van der Waals surface area contributed by atoms with Crippen LogP contribution >= 0.6 is 0 Å². The summed E-state index contributed by atoms with van der Waals surface area (Å²) in [5.74, 6) is 3.17. The number of anilines is 12. The third kappa shape index (κ3) is 7.13. The molecule has 0 N–H and O–H groups in total. The van der Waals surface area contributed by atoms with Gasteiger partial charge in [-0.1, -0.05) is 121 Å². The van der Waals surface area contributed by atoms with Crippen molar-refractivity contribution in [3.8, 4) is 0 Å². The van der Waals surface area contributed by atoms with Crippen molar-refractivity contribution in [1.29, 1.82) is 0 Å². The molecule has 4 aromatic heterocycles. The van der Waals surface area contributed by atoms with Gasteiger partial charge in [-0.05, 0) is 109 Å². The van der Waals surface area contributed by atoms with Crippen LogP contribution in [-0.4, -0.2) is 19.9 Å². The largest absolute Gasteiger partial charge is 0.294 e. The van der Waals surface area contributed by atoms with Gasteiger partial charge >= 0.3 is 0 Å².